The van der Waals surface area contributed by atoms with Gasteiger partial charge in [-0.05, 0) is 45.6 Å². The van der Waals surface area contributed by atoms with Gasteiger partial charge in [0.25, 0.3) is 0 Å². The normalized spacial score (nSPS) is 44.8. The first-order valence-electron chi connectivity index (χ1n) is 7.25. The van der Waals surface area contributed by atoms with E-state index in [1.165, 1.54) is 19.3 Å². The second kappa shape index (κ2) is 4.80. The van der Waals surface area contributed by atoms with Crippen LogP contribution in [0.2, 0.25) is 0 Å². The maximum Gasteiger partial charge on any atom is 0.108 e. The summed E-state index contributed by atoms with van der Waals surface area (Å²) in [5.74, 6) is 0. The van der Waals surface area contributed by atoms with E-state index < -0.39 is 0 Å². The van der Waals surface area contributed by atoms with Crippen LogP contribution in [0.3, 0.4) is 0 Å². The first kappa shape index (κ1) is 12.4. The summed E-state index contributed by atoms with van der Waals surface area (Å²) in [4.78, 5) is 2.65. The molecule has 1 saturated heterocycles. The molecular formula is C14H23N3O. The van der Waals surface area contributed by atoms with E-state index in [1.54, 1.807) is 0 Å². The molecule has 0 amide bonds. The van der Waals surface area contributed by atoms with Crippen molar-refractivity contribution in [1.29, 1.82) is 5.26 Å². The Morgan fingerprint density at radius 2 is 2.28 bits per heavy atom. The molecule has 0 radical (unpaired) electrons. The largest absolute Gasteiger partial charge is 0.375 e. The van der Waals surface area contributed by atoms with Crippen LogP contribution in [-0.4, -0.2) is 48.8 Å². The summed E-state index contributed by atoms with van der Waals surface area (Å²) in [6.07, 6.45) is 7.38. The van der Waals surface area contributed by atoms with Crippen LogP contribution in [0.5, 0.6) is 0 Å². The topological polar surface area (TPSA) is 48.3 Å². The predicted octanol–water partition coefficient (Wildman–Crippen LogP) is 1.27. The molecule has 3 fully saturated rings. The molecule has 18 heavy (non-hydrogen) atoms. The Balaban J connectivity index is 1.70. The Hall–Kier alpha value is -0.630. The number of nitriles is 1. The van der Waals surface area contributed by atoms with Crippen molar-refractivity contribution in [3.05, 3.63) is 0 Å². The van der Waals surface area contributed by atoms with Crippen molar-refractivity contribution >= 4 is 0 Å². The van der Waals surface area contributed by atoms with Crippen molar-refractivity contribution in [2.24, 2.45) is 0 Å². The molecule has 1 aliphatic heterocycles. The van der Waals surface area contributed by atoms with Gasteiger partial charge in [0.1, 0.15) is 5.54 Å². The first-order chi connectivity index (χ1) is 8.78. The molecule has 3 aliphatic rings. The SMILES string of the molecule is CNC1(C#N)CCC(N2CCOC3CCCC32)C1. The third-order valence-electron chi connectivity index (χ3n) is 5.18. The second-order valence-corrected chi connectivity index (χ2v) is 5.99. The summed E-state index contributed by atoms with van der Waals surface area (Å²) in [7, 11) is 1.92. The van der Waals surface area contributed by atoms with Gasteiger partial charge in [-0.2, -0.15) is 5.26 Å². The monoisotopic (exact) mass is 249 g/mol. The molecule has 4 unspecified atom stereocenters. The maximum atomic E-state index is 9.36. The highest BCUT2D eigenvalue weighted by Gasteiger charge is 2.45. The molecule has 0 aromatic heterocycles. The predicted molar refractivity (Wildman–Crippen MR) is 69.1 cm³/mol. The third-order valence-corrected chi connectivity index (χ3v) is 5.18. The van der Waals surface area contributed by atoms with Gasteiger partial charge in [-0.25, -0.2) is 0 Å². The minimum Gasteiger partial charge on any atom is -0.375 e. The lowest BCUT2D eigenvalue weighted by Gasteiger charge is -2.41. The number of fused-ring (bicyclic) bond motifs is 1. The van der Waals surface area contributed by atoms with Crippen LogP contribution >= 0.6 is 0 Å². The van der Waals surface area contributed by atoms with Crippen molar-refractivity contribution in [3.63, 3.8) is 0 Å². The Kier molecular flexibility index (Phi) is 3.31. The van der Waals surface area contributed by atoms with E-state index in [1.807, 2.05) is 7.05 Å². The Labute approximate surface area is 109 Å². The maximum absolute atomic E-state index is 9.36. The van der Waals surface area contributed by atoms with Crippen LogP contribution in [0.15, 0.2) is 0 Å². The number of nitrogens with zero attached hydrogens (tertiary/aromatic N) is 2. The summed E-state index contributed by atoms with van der Waals surface area (Å²) >= 11 is 0. The fourth-order valence-corrected chi connectivity index (χ4v) is 4.10. The van der Waals surface area contributed by atoms with Crippen molar-refractivity contribution in [2.75, 3.05) is 20.2 Å². The van der Waals surface area contributed by atoms with Crippen molar-refractivity contribution in [3.8, 4) is 6.07 Å². The standard InChI is InChI=1S/C14H23N3O/c1-16-14(10-15)6-5-11(9-14)17-7-8-18-13-4-2-3-12(13)17/h11-13,16H,2-9H2,1H3. The molecule has 0 aromatic carbocycles. The van der Waals surface area contributed by atoms with Crippen LogP contribution in [0.4, 0.5) is 0 Å². The Morgan fingerprint density at radius 3 is 3.00 bits per heavy atom. The lowest BCUT2D eigenvalue weighted by Crippen LogP contribution is -2.53. The molecule has 3 rings (SSSR count). The highest BCUT2D eigenvalue weighted by atomic mass is 16.5. The van der Waals surface area contributed by atoms with Crippen molar-refractivity contribution in [1.82, 2.24) is 10.2 Å². The van der Waals surface area contributed by atoms with Gasteiger partial charge in [0.2, 0.25) is 0 Å². The number of nitrogens with one attached hydrogen (secondary N) is 1. The minimum absolute atomic E-state index is 0.281. The fraction of sp³-hybridized carbons (Fsp3) is 0.929. The number of hydrogen-bond donors (Lipinski definition) is 1. The average molecular weight is 249 g/mol. The lowest BCUT2D eigenvalue weighted by molar-refractivity contribution is -0.0712. The quantitative estimate of drug-likeness (QED) is 0.801. The zero-order valence-corrected chi connectivity index (χ0v) is 11.2. The van der Waals surface area contributed by atoms with Gasteiger partial charge in [0, 0.05) is 18.6 Å². The van der Waals surface area contributed by atoms with Gasteiger partial charge in [-0.15, -0.1) is 0 Å². The van der Waals surface area contributed by atoms with Crippen molar-refractivity contribution < 1.29 is 4.74 Å². The smallest absolute Gasteiger partial charge is 0.108 e. The van der Waals surface area contributed by atoms with Crippen LogP contribution in [0, 0.1) is 11.3 Å². The summed E-state index contributed by atoms with van der Waals surface area (Å²) < 4.78 is 5.87. The molecule has 0 aromatic rings. The third kappa shape index (κ3) is 1.95. The van der Waals surface area contributed by atoms with Crippen LogP contribution < -0.4 is 5.32 Å². The van der Waals surface area contributed by atoms with Gasteiger partial charge >= 0.3 is 0 Å². The average Bonchev–Trinajstić information content (AvgIpc) is 3.05. The molecule has 100 valence electrons. The van der Waals surface area contributed by atoms with E-state index in [2.05, 4.69) is 16.3 Å². The molecule has 0 bridgehead atoms. The zero-order chi connectivity index (χ0) is 12.6. The highest BCUT2D eigenvalue weighted by Crippen LogP contribution is 2.38. The van der Waals surface area contributed by atoms with Crippen LogP contribution in [0.25, 0.3) is 0 Å². The molecule has 0 spiro atoms. The van der Waals surface area contributed by atoms with Gasteiger partial charge in [0.05, 0.1) is 18.8 Å². The minimum atomic E-state index is -0.281. The number of rotatable bonds is 2. The van der Waals surface area contributed by atoms with Gasteiger partial charge in [-0.3, -0.25) is 4.90 Å². The molecule has 1 heterocycles. The summed E-state index contributed by atoms with van der Waals surface area (Å²) in [6.45, 7) is 1.92. The molecule has 2 saturated carbocycles. The zero-order valence-electron chi connectivity index (χ0n) is 11.2. The van der Waals surface area contributed by atoms with E-state index in [9.17, 15) is 5.26 Å². The molecule has 4 heteroatoms. The van der Waals surface area contributed by atoms with E-state index >= 15 is 0 Å². The summed E-state index contributed by atoms with van der Waals surface area (Å²) in [6, 6.07) is 3.68. The summed E-state index contributed by atoms with van der Waals surface area (Å²) in [5, 5.41) is 12.6. The van der Waals surface area contributed by atoms with Crippen LogP contribution in [0.1, 0.15) is 38.5 Å². The molecule has 2 aliphatic carbocycles. The van der Waals surface area contributed by atoms with E-state index in [0.717, 1.165) is 32.4 Å². The van der Waals surface area contributed by atoms with E-state index in [4.69, 9.17) is 4.74 Å². The first-order valence-corrected chi connectivity index (χ1v) is 7.25. The van der Waals surface area contributed by atoms with Crippen LogP contribution in [-0.2, 0) is 4.74 Å². The van der Waals surface area contributed by atoms with Gasteiger partial charge in [0.15, 0.2) is 0 Å². The van der Waals surface area contributed by atoms with E-state index in [0.29, 0.717) is 18.2 Å². The second-order valence-electron chi connectivity index (χ2n) is 5.99. The Bertz CT molecular complexity index is 353. The van der Waals surface area contributed by atoms with Crippen molar-refractivity contribution in [2.45, 2.75) is 62.3 Å². The number of ether oxygens (including phenoxy) is 1. The molecular weight excluding hydrogens is 226 g/mol. The highest BCUT2D eigenvalue weighted by molar-refractivity contribution is 5.13. The lowest BCUT2D eigenvalue weighted by atomic mass is 9.99. The summed E-state index contributed by atoms with van der Waals surface area (Å²) in [5.41, 5.74) is -0.281. The number of morpholine rings is 1. The fourth-order valence-electron chi connectivity index (χ4n) is 4.10. The Morgan fingerprint density at radius 1 is 1.39 bits per heavy atom. The number of hydrogen-bond acceptors (Lipinski definition) is 4. The molecule has 1 N–H and O–H groups in total. The molecule has 4 atom stereocenters. The molecule has 4 nitrogen and oxygen atoms in total. The van der Waals surface area contributed by atoms with E-state index in [-0.39, 0.29) is 5.54 Å². The van der Waals surface area contributed by atoms with Gasteiger partial charge < -0.3 is 10.1 Å². The van der Waals surface area contributed by atoms with Gasteiger partial charge in [-0.1, -0.05) is 0 Å².